The Morgan fingerprint density at radius 2 is 1.81 bits per heavy atom. The molecule has 2 rings (SSSR count). The van der Waals surface area contributed by atoms with Gasteiger partial charge in [-0.3, -0.25) is 0 Å². The number of rotatable bonds is 3. The molecule has 142 valence electrons. The van der Waals surface area contributed by atoms with E-state index in [0.717, 1.165) is 18.4 Å². The average molecular weight is 358 g/mol. The SMILES string of the molecule is C/C1=C\C(O)C(C(C)C)[C@@H](OC(=O)c2ccc(O)cc2)C/C(C)=C/CC1. The number of ether oxygens (including phenoxy) is 1. The van der Waals surface area contributed by atoms with Gasteiger partial charge in [0.1, 0.15) is 11.9 Å². The summed E-state index contributed by atoms with van der Waals surface area (Å²) in [5, 5.41) is 20.2. The smallest absolute Gasteiger partial charge is 0.338 e. The van der Waals surface area contributed by atoms with E-state index in [1.54, 1.807) is 12.1 Å². The number of benzene rings is 1. The van der Waals surface area contributed by atoms with E-state index in [1.807, 2.05) is 33.8 Å². The molecule has 1 aliphatic carbocycles. The van der Waals surface area contributed by atoms with Crippen molar-refractivity contribution in [1.29, 1.82) is 0 Å². The van der Waals surface area contributed by atoms with Crippen LogP contribution in [0.5, 0.6) is 5.75 Å². The number of hydrogen-bond acceptors (Lipinski definition) is 4. The zero-order valence-corrected chi connectivity index (χ0v) is 16.1. The molecule has 0 radical (unpaired) electrons. The zero-order valence-electron chi connectivity index (χ0n) is 16.1. The minimum Gasteiger partial charge on any atom is -0.508 e. The number of carbonyl (C=O) groups excluding carboxylic acids is 1. The highest BCUT2D eigenvalue weighted by atomic mass is 16.5. The van der Waals surface area contributed by atoms with Crippen LogP contribution in [0.4, 0.5) is 0 Å². The molecule has 0 amide bonds. The molecule has 2 unspecified atom stereocenters. The van der Waals surface area contributed by atoms with Crippen molar-refractivity contribution >= 4 is 5.97 Å². The first kappa shape index (κ1) is 20.2. The van der Waals surface area contributed by atoms with Gasteiger partial charge in [-0.1, -0.05) is 37.1 Å². The molecule has 0 bridgehead atoms. The van der Waals surface area contributed by atoms with Crippen LogP contribution in [-0.2, 0) is 4.74 Å². The van der Waals surface area contributed by atoms with Gasteiger partial charge in [0.25, 0.3) is 0 Å². The molecule has 0 saturated carbocycles. The van der Waals surface area contributed by atoms with Gasteiger partial charge in [0, 0.05) is 12.3 Å². The van der Waals surface area contributed by atoms with E-state index in [4.69, 9.17) is 4.74 Å². The molecule has 0 aliphatic heterocycles. The summed E-state index contributed by atoms with van der Waals surface area (Å²) < 4.78 is 5.85. The highest BCUT2D eigenvalue weighted by Gasteiger charge is 2.33. The molecule has 0 saturated heterocycles. The van der Waals surface area contributed by atoms with Crippen molar-refractivity contribution in [1.82, 2.24) is 0 Å². The largest absolute Gasteiger partial charge is 0.508 e. The van der Waals surface area contributed by atoms with Gasteiger partial charge >= 0.3 is 5.97 Å². The summed E-state index contributed by atoms with van der Waals surface area (Å²) in [6.45, 7) is 8.17. The summed E-state index contributed by atoms with van der Waals surface area (Å²) in [6.07, 6.45) is 5.48. The first-order valence-electron chi connectivity index (χ1n) is 9.29. The van der Waals surface area contributed by atoms with Crippen LogP contribution in [0.15, 0.2) is 47.6 Å². The van der Waals surface area contributed by atoms with Crippen molar-refractivity contribution in [2.75, 3.05) is 0 Å². The molecule has 26 heavy (non-hydrogen) atoms. The molecule has 0 fully saturated rings. The summed E-state index contributed by atoms with van der Waals surface area (Å²) in [6, 6.07) is 6.03. The molecule has 1 aromatic rings. The number of phenols is 1. The Balaban J connectivity index is 2.30. The second-order valence-electron chi connectivity index (χ2n) is 7.61. The van der Waals surface area contributed by atoms with Gasteiger partial charge < -0.3 is 14.9 Å². The predicted molar refractivity (Wildman–Crippen MR) is 103 cm³/mol. The van der Waals surface area contributed by atoms with E-state index in [9.17, 15) is 15.0 Å². The van der Waals surface area contributed by atoms with E-state index < -0.39 is 18.2 Å². The number of aromatic hydroxyl groups is 1. The lowest BCUT2D eigenvalue weighted by molar-refractivity contribution is -0.0216. The van der Waals surface area contributed by atoms with Gasteiger partial charge in [-0.05, 0) is 56.9 Å². The Kier molecular flexibility index (Phi) is 7.04. The van der Waals surface area contributed by atoms with Gasteiger partial charge in [-0.25, -0.2) is 4.79 Å². The Morgan fingerprint density at radius 1 is 1.15 bits per heavy atom. The fraction of sp³-hybridized carbons (Fsp3) is 0.500. The van der Waals surface area contributed by atoms with E-state index in [-0.39, 0.29) is 17.6 Å². The predicted octanol–water partition coefficient (Wildman–Crippen LogP) is 4.63. The third-order valence-electron chi connectivity index (χ3n) is 4.96. The standard InChI is InChI=1S/C22H30O4/c1-14(2)21-19(24)12-15(3)6-5-7-16(4)13-20(21)26-22(25)17-8-10-18(23)11-9-17/h7-12,14,19-21,23-24H,5-6,13H2,1-4H3/b15-12+,16-7+/t19?,20-,21?/m0/s1. The average Bonchev–Trinajstić information content (AvgIpc) is 2.54. The number of carbonyl (C=O) groups is 1. The molecule has 0 aromatic heterocycles. The molecule has 3 atom stereocenters. The van der Waals surface area contributed by atoms with Crippen molar-refractivity contribution in [2.24, 2.45) is 11.8 Å². The monoisotopic (exact) mass is 358 g/mol. The third kappa shape index (κ3) is 5.46. The second-order valence-corrected chi connectivity index (χ2v) is 7.61. The number of hydrogen-bond donors (Lipinski definition) is 2. The van der Waals surface area contributed by atoms with Crippen LogP contribution in [0.1, 0.15) is 57.3 Å². The quantitative estimate of drug-likeness (QED) is 0.611. The third-order valence-corrected chi connectivity index (χ3v) is 4.96. The minimum absolute atomic E-state index is 0.107. The van der Waals surface area contributed by atoms with Crippen molar-refractivity contribution in [3.8, 4) is 5.75 Å². The van der Waals surface area contributed by atoms with E-state index in [2.05, 4.69) is 6.08 Å². The van der Waals surface area contributed by atoms with Gasteiger partial charge in [-0.2, -0.15) is 0 Å². The molecule has 1 aliphatic rings. The minimum atomic E-state index is -0.654. The van der Waals surface area contributed by atoms with Crippen molar-refractivity contribution < 1.29 is 19.7 Å². The van der Waals surface area contributed by atoms with E-state index >= 15 is 0 Å². The van der Waals surface area contributed by atoms with Crippen molar-refractivity contribution in [3.05, 3.63) is 53.1 Å². The van der Waals surface area contributed by atoms with Crippen LogP contribution in [0.25, 0.3) is 0 Å². The van der Waals surface area contributed by atoms with E-state index in [1.165, 1.54) is 17.7 Å². The Bertz CT molecular complexity index is 670. The summed E-state index contributed by atoms with van der Waals surface area (Å²) in [5.41, 5.74) is 2.71. The van der Waals surface area contributed by atoms with E-state index in [0.29, 0.717) is 12.0 Å². The summed E-state index contributed by atoms with van der Waals surface area (Å²) >= 11 is 0. The Labute approximate surface area is 156 Å². The normalized spacial score (nSPS) is 28.6. The second kappa shape index (κ2) is 9.04. The van der Waals surface area contributed by atoms with Crippen LogP contribution in [-0.4, -0.2) is 28.4 Å². The number of aliphatic hydroxyl groups is 1. The van der Waals surface area contributed by atoms with Crippen LogP contribution in [0.2, 0.25) is 0 Å². The van der Waals surface area contributed by atoms with Crippen LogP contribution >= 0.6 is 0 Å². The van der Waals surface area contributed by atoms with Crippen LogP contribution < -0.4 is 0 Å². The number of phenolic OH excluding ortho intramolecular Hbond substituents is 1. The zero-order chi connectivity index (χ0) is 19.3. The molecular formula is C22H30O4. The van der Waals surface area contributed by atoms with Gasteiger partial charge in [0.2, 0.25) is 0 Å². The number of allylic oxidation sites excluding steroid dienone is 2. The van der Waals surface area contributed by atoms with Crippen LogP contribution in [0, 0.1) is 11.8 Å². The molecule has 2 N–H and O–H groups in total. The van der Waals surface area contributed by atoms with Gasteiger partial charge in [0.05, 0.1) is 11.7 Å². The Hall–Kier alpha value is -2.07. The lowest BCUT2D eigenvalue weighted by Crippen LogP contribution is -2.38. The Morgan fingerprint density at radius 3 is 2.42 bits per heavy atom. The molecule has 4 heteroatoms. The lowest BCUT2D eigenvalue weighted by atomic mass is 9.81. The molecule has 0 heterocycles. The maximum absolute atomic E-state index is 12.6. The fourth-order valence-corrected chi connectivity index (χ4v) is 3.54. The summed E-state index contributed by atoms with van der Waals surface area (Å²) in [4.78, 5) is 12.6. The van der Waals surface area contributed by atoms with Gasteiger partial charge in [-0.15, -0.1) is 0 Å². The van der Waals surface area contributed by atoms with Crippen molar-refractivity contribution in [2.45, 2.75) is 59.2 Å². The number of aliphatic hydroxyl groups excluding tert-OH is 1. The highest BCUT2D eigenvalue weighted by Crippen LogP contribution is 2.30. The van der Waals surface area contributed by atoms with Crippen LogP contribution in [0.3, 0.4) is 0 Å². The molecular weight excluding hydrogens is 328 g/mol. The lowest BCUT2D eigenvalue weighted by Gasteiger charge is -2.33. The summed E-state index contributed by atoms with van der Waals surface area (Å²) in [7, 11) is 0. The highest BCUT2D eigenvalue weighted by molar-refractivity contribution is 5.89. The topological polar surface area (TPSA) is 66.8 Å². The first-order valence-corrected chi connectivity index (χ1v) is 9.29. The maximum atomic E-state index is 12.6. The van der Waals surface area contributed by atoms with Gasteiger partial charge in [0.15, 0.2) is 0 Å². The fourth-order valence-electron chi connectivity index (χ4n) is 3.54. The first-order chi connectivity index (χ1) is 12.3. The number of esters is 1. The summed E-state index contributed by atoms with van der Waals surface area (Å²) in [5.74, 6) is -0.361. The molecule has 4 nitrogen and oxygen atoms in total. The molecule has 0 spiro atoms. The van der Waals surface area contributed by atoms with Crippen molar-refractivity contribution in [3.63, 3.8) is 0 Å². The maximum Gasteiger partial charge on any atom is 0.338 e. The molecule has 1 aromatic carbocycles.